The van der Waals surface area contributed by atoms with Gasteiger partial charge in [-0.05, 0) is 37.5 Å². The Morgan fingerprint density at radius 1 is 1.03 bits per heavy atom. The number of hydrogen-bond acceptors (Lipinski definition) is 4. The summed E-state index contributed by atoms with van der Waals surface area (Å²) in [5, 5.41) is 14.4. The molecular weight excluding hydrogens is 380 g/mol. The molecule has 6 heteroatoms. The summed E-state index contributed by atoms with van der Waals surface area (Å²) in [7, 11) is 0. The van der Waals surface area contributed by atoms with Crippen molar-refractivity contribution in [1.29, 1.82) is 0 Å². The number of amides is 2. The van der Waals surface area contributed by atoms with Crippen LogP contribution in [0.25, 0.3) is 10.8 Å². The summed E-state index contributed by atoms with van der Waals surface area (Å²) in [5.74, 6) is -0.116. The first kappa shape index (κ1) is 19.8. The summed E-state index contributed by atoms with van der Waals surface area (Å²) in [6.45, 7) is 2.39. The van der Waals surface area contributed by atoms with Crippen LogP contribution in [0.2, 0.25) is 0 Å². The minimum atomic E-state index is -1.01. The van der Waals surface area contributed by atoms with Gasteiger partial charge in [0.25, 0.3) is 0 Å². The molecule has 1 heterocycles. The maximum absolute atomic E-state index is 13.2. The molecule has 1 aliphatic heterocycles. The molecule has 1 saturated heterocycles. The van der Waals surface area contributed by atoms with Gasteiger partial charge in [0.2, 0.25) is 5.91 Å². The van der Waals surface area contributed by atoms with Gasteiger partial charge in [0, 0.05) is 23.0 Å². The molecule has 154 valence electrons. The summed E-state index contributed by atoms with van der Waals surface area (Å²) in [5.41, 5.74) is 0.484. The highest BCUT2D eigenvalue weighted by molar-refractivity contribution is 6.07. The van der Waals surface area contributed by atoms with Gasteiger partial charge in [-0.15, -0.1) is 0 Å². The number of ether oxygens (including phenoxy) is 1. The van der Waals surface area contributed by atoms with Gasteiger partial charge in [-0.1, -0.05) is 54.6 Å². The number of nitrogens with one attached hydrogen (secondary N) is 1. The Hall–Kier alpha value is -3.54. The second kappa shape index (κ2) is 8.06. The molecule has 3 aromatic carbocycles. The van der Waals surface area contributed by atoms with Gasteiger partial charge in [0.15, 0.2) is 0 Å². The average Bonchev–Trinajstić information content (AvgIpc) is 3.16. The van der Waals surface area contributed by atoms with Crippen molar-refractivity contribution in [3.8, 4) is 5.75 Å². The molecule has 0 saturated carbocycles. The Morgan fingerprint density at radius 2 is 1.77 bits per heavy atom. The summed E-state index contributed by atoms with van der Waals surface area (Å²) in [6, 6.07) is 20.0. The van der Waals surface area contributed by atoms with Crippen molar-refractivity contribution in [3.63, 3.8) is 0 Å². The molecule has 1 fully saturated rings. The number of rotatable bonds is 4. The Bertz CT molecular complexity index is 1080. The molecule has 1 unspecified atom stereocenters. The summed E-state index contributed by atoms with van der Waals surface area (Å²) >= 11 is 0. The predicted octanol–water partition coefficient (Wildman–Crippen LogP) is 4.68. The van der Waals surface area contributed by atoms with Crippen molar-refractivity contribution < 1.29 is 19.4 Å². The fraction of sp³-hybridized carbons (Fsp3) is 0.250. The van der Waals surface area contributed by atoms with Crippen molar-refractivity contribution in [1.82, 2.24) is 4.90 Å². The number of nitrogens with zero attached hydrogens (tertiary/aromatic N) is 1. The van der Waals surface area contributed by atoms with E-state index < -0.39 is 11.6 Å². The number of carbonyl (C=O) groups is 2. The number of anilines is 1. The maximum atomic E-state index is 13.2. The van der Waals surface area contributed by atoms with E-state index in [4.69, 9.17) is 4.74 Å². The lowest BCUT2D eigenvalue weighted by Gasteiger charge is -2.33. The number of benzene rings is 3. The first-order valence-electron chi connectivity index (χ1n) is 9.99. The molecule has 2 N–H and O–H groups in total. The molecule has 1 aliphatic rings. The lowest BCUT2D eigenvalue weighted by Crippen LogP contribution is -2.53. The number of phenolic OH excluding ortho intramolecular Hbond substituents is 1. The van der Waals surface area contributed by atoms with E-state index in [-0.39, 0.29) is 18.3 Å². The summed E-state index contributed by atoms with van der Waals surface area (Å²) in [4.78, 5) is 27.5. The standard InChI is InChI=1S/C24H24N2O4/c1-24(14-7-15-26(24)23(29)30-16-17-8-3-2-4-9-17)22(28)25-20-12-5-11-19-18(20)10-6-13-21(19)27/h2-6,8-13,27H,7,14-16H2,1H3,(H,25,28). The minimum Gasteiger partial charge on any atom is -0.507 e. The normalized spacial score (nSPS) is 18.4. The first-order chi connectivity index (χ1) is 14.5. The van der Waals surface area contributed by atoms with Crippen LogP contribution in [0, 0.1) is 0 Å². The zero-order chi connectivity index (χ0) is 21.1. The number of likely N-dealkylation sites (tertiary alicyclic amines) is 1. The molecule has 3 aromatic rings. The van der Waals surface area contributed by atoms with E-state index in [0.717, 1.165) is 17.4 Å². The smallest absolute Gasteiger partial charge is 0.410 e. The Kier molecular flexibility index (Phi) is 5.31. The van der Waals surface area contributed by atoms with Gasteiger partial charge in [-0.2, -0.15) is 0 Å². The van der Waals surface area contributed by atoms with E-state index in [1.54, 1.807) is 37.3 Å². The van der Waals surface area contributed by atoms with Crippen LogP contribution in [0.1, 0.15) is 25.3 Å². The van der Waals surface area contributed by atoms with Crippen LogP contribution in [0.3, 0.4) is 0 Å². The summed E-state index contributed by atoms with van der Waals surface area (Å²) in [6.07, 6.45) is 0.778. The van der Waals surface area contributed by atoms with Crippen LogP contribution in [-0.2, 0) is 16.1 Å². The second-order valence-electron chi connectivity index (χ2n) is 7.70. The van der Waals surface area contributed by atoms with Crippen molar-refractivity contribution in [2.45, 2.75) is 31.9 Å². The van der Waals surface area contributed by atoms with Gasteiger partial charge < -0.3 is 15.2 Å². The molecule has 30 heavy (non-hydrogen) atoms. The van der Waals surface area contributed by atoms with Gasteiger partial charge in [0.1, 0.15) is 17.9 Å². The zero-order valence-electron chi connectivity index (χ0n) is 16.8. The van der Waals surface area contributed by atoms with E-state index >= 15 is 0 Å². The SMILES string of the molecule is CC1(C(=O)Nc2cccc3c(O)cccc23)CCCN1C(=O)OCc1ccccc1. The summed E-state index contributed by atoms with van der Waals surface area (Å²) < 4.78 is 5.47. The van der Waals surface area contributed by atoms with E-state index in [1.807, 2.05) is 36.4 Å². The third-order valence-electron chi connectivity index (χ3n) is 5.70. The third-order valence-corrected chi connectivity index (χ3v) is 5.70. The molecule has 6 nitrogen and oxygen atoms in total. The van der Waals surface area contributed by atoms with Crippen molar-refractivity contribution in [2.24, 2.45) is 0 Å². The second-order valence-corrected chi connectivity index (χ2v) is 7.70. The highest BCUT2D eigenvalue weighted by Gasteiger charge is 2.46. The third kappa shape index (κ3) is 3.68. The van der Waals surface area contributed by atoms with Crippen LogP contribution in [0.15, 0.2) is 66.7 Å². The predicted molar refractivity (Wildman–Crippen MR) is 115 cm³/mol. The fourth-order valence-corrected chi connectivity index (χ4v) is 3.95. The van der Waals surface area contributed by atoms with Gasteiger partial charge in [-0.25, -0.2) is 4.79 Å². The largest absolute Gasteiger partial charge is 0.507 e. The Labute approximate surface area is 175 Å². The zero-order valence-corrected chi connectivity index (χ0v) is 16.8. The van der Waals surface area contributed by atoms with E-state index in [2.05, 4.69) is 5.32 Å². The average molecular weight is 404 g/mol. The number of aromatic hydroxyl groups is 1. The molecule has 1 atom stereocenters. The molecule has 0 spiro atoms. The maximum Gasteiger partial charge on any atom is 0.410 e. The number of hydrogen-bond donors (Lipinski definition) is 2. The lowest BCUT2D eigenvalue weighted by atomic mass is 9.97. The Balaban J connectivity index is 1.51. The molecular formula is C24H24N2O4. The lowest BCUT2D eigenvalue weighted by molar-refractivity contribution is -0.125. The number of phenols is 1. The monoisotopic (exact) mass is 404 g/mol. The fourth-order valence-electron chi connectivity index (χ4n) is 3.95. The van der Waals surface area contributed by atoms with Crippen molar-refractivity contribution in [2.75, 3.05) is 11.9 Å². The van der Waals surface area contributed by atoms with Gasteiger partial charge in [0.05, 0.1) is 0 Å². The minimum absolute atomic E-state index is 0.154. The van der Waals surface area contributed by atoms with Crippen molar-refractivity contribution >= 4 is 28.5 Å². The van der Waals surface area contributed by atoms with Gasteiger partial charge >= 0.3 is 6.09 Å². The highest BCUT2D eigenvalue weighted by Crippen LogP contribution is 2.34. The molecule has 4 rings (SSSR count). The van der Waals surface area contributed by atoms with Crippen LogP contribution in [-0.4, -0.2) is 34.1 Å². The van der Waals surface area contributed by atoms with E-state index in [1.165, 1.54) is 4.90 Å². The quantitative estimate of drug-likeness (QED) is 0.662. The van der Waals surface area contributed by atoms with Crippen LogP contribution >= 0.6 is 0 Å². The number of fused-ring (bicyclic) bond motifs is 1. The molecule has 0 aromatic heterocycles. The van der Waals surface area contributed by atoms with Crippen molar-refractivity contribution in [3.05, 3.63) is 72.3 Å². The topological polar surface area (TPSA) is 78.9 Å². The molecule has 0 radical (unpaired) electrons. The van der Waals surface area contributed by atoms with Crippen LogP contribution in [0.5, 0.6) is 5.75 Å². The molecule has 0 bridgehead atoms. The van der Waals surface area contributed by atoms with Crippen LogP contribution < -0.4 is 5.32 Å². The Morgan fingerprint density at radius 3 is 2.57 bits per heavy atom. The molecule has 0 aliphatic carbocycles. The number of carbonyl (C=O) groups excluding carboxylic acids is 2. The molecule has 2 amide bonds. The first-order valence-corrected chi connectivity index (χ1v) is 9.99. The van der Waals surface area contributed by atoms with Gasteiger partial charge in [-0.3, -0.25) is 9.69 Å². The highest BCUT2D eigenvalue weighted by atomic mass is 16.6. The van der Waals surface area contributed by atoms with E-state index in [9.17, 15) is 14.7 Å². The van der Waals surface area contributed by atoms with E-state index in [0.29, 0.717) is 24.0 Å². The van der Waals surface area contributed by atoms with Crippen LogP contribution in [0.4, 0.5) is 10.5 Å².